The van der Waals surface area contributed by atoms with Crippen molar-refractivity contribution in [2.75, 3.05) is 0 Å². The quantitative estimate of drug-likeness (QED) is 0.251. The first-order valence-corrected chi connectivity index (χ1v) is 14.3. The first kappa shape index (κ1) is 25.4. The van der Waals surface area contributed by atoms with Crippen LogP contribution in [0.5, 0.6) is 0 Å². The summed E-state index contributed by atoms with van der Waals surface area (Å²) in [5.74, 6) is 2.75. The van der Waals surface area contributed by atoms with Crippen molar-refractivity contribution in [2.24, 2.45) is 5.92 Å². The molecule has 2 aliphatic carbocycles. The molecule has 6 rings (SSSR count). The zero-order valence-electron chi connectivity index (χ0n) is 23.8. The maximum atomic E-state index is 6.20. The van der Waals surface area contributed by atoms with Gasteiger partial charge in [-0.1, -0.05) is 111 Å². The molecule has 2 unspecified atom stereocenters. The number of benzene rings is 3. The van der Waals surface area contributed by atoms with Crippen LogP contribution in [0.1, 0.15) is 80.2 Å². The minimum atomic E-state index is 0.147. The van der Waals surface area contributed by atoms with E-state index in [4.69, 9.17) is 4.42 Å². The molecule has 0 aliphatic heterocycles. The zero-order valence-corrected chi connectivity index (χ0v) is 23.8. The smallest absolute Gasteiger partial charge is 0.130 e. The second kappa shape index (κ2) is 10.0. The van der Waals surface area contributed by atoms with Crippen LogP contribution >= 0.6 is 0 Å². The van der Waals surface area contributed by atoms with Gasteiger partial charge in [-0.15, -0.1) is 0 Å². The van der Waals surface area contributed by atoms with Crippen LogP contribution in [-0.2, 0) is 5.41 Å². The number of hydrogen-bond donors (Lipinski definition) is 0. The molecule has 3 aromatic carbocycles. The summed E-state index contributed by atoms with van der Waals surface area (Å²) < 4.78 is 6.20. The lowest BCUT2D eigenvalue weighted by Gasteiger charge is -2.20. The molecular weight excluding hydrogens is 472 g/mol. The molecule has 0 saturated carbocycles. The van der Waals surface area contributed by atoms with Crippen molar-refractivity contribution in [2.45, 2.75) is 58.8 Å². The molecule has 0 amide bonds. The minimum Gasteiger partial charge on any atom is -0.462 e. The minimum absolute atomic E-state index is 0.147. The van der Waals surface area contributed by atoms with E-state index in [1.807, 2.05) is 6.92 Å². The molecule has 196 valence electrons. The Morgan fingerprint density at radius 3 is 2.18 bits per heavy atom. The monoisotopic (exact) mass is 510 g/mol. The molecule has 0 spiro atoms. The lowest BCUT2D eigenvalue weighted by molar-refractivity contribution is 0.513. The van der Waals surface area contributed by atoms with E-state index in [0.29, 0.717) is 11.8 Å². The summed E-state index contributed by atoms with van der Waals surface area (Å²) in [6.07, 6.45) is 9.43. The number of furan rings is 1. The standard InChI is InChI=1S/C38H38O/c1-25-22-30(27-10-7-6-8-11-27)23-29(25)17-20-34-33-13-9-12-32(28-15-18-31(19-16-28)38(3,4)5)35(33)24-36(34)37-21-14-26(2)39-37/h6-16,18-19,21-24,29,34H,17,20H2,1-5H3. The highest BCUT2D eigenvalue weighted by molar-refractivity contribution is 5.95. The molecule has 0 N–H and O–H groups in total. The summed E-state index contributed by atoms with van der Waals surface area (Å²) in [7, 11) is 0. The topological polar surface area (TPSA) is 13.1 Å². The number of fused-ring (bicyclic) bond motifs is 1. The third-order valence-corrected chi connectivity index (χ3v) is 8.50. The van der Waals surface area contributed by atoms with Crippen molar-refractivity contribution < 1.29 is 4.42 Å². The first-order chi connectivity index (χ1) is 18.8. The van der Waals surface area contributed by atoms with Crippen LogP contribution in [0.15, 0.2) is 107 Å². The molecule has 0 saturated heterocycles. The largest absolute Gasteiger partial charge is 0.462 e. The third kappa shape index (κ3) is 4.99. The Balaban J connectivity index is 1.33. The average Bonchev–Trinajstić information content (AvgIpc) is 3.63. The summed E-state index contributed by atoms with van der Waals surface area (Å²) in [5, 5.41) is 0. The highest BCUT2D eigenvalue weighted by atomic mass is 16.3. The second-order valence-corrected chi connectivity index (χ2v) is 12.3. The molecular formula is C38H38O. The predicted octanol–water partition coefficient (Wildman–Crippen LogP) is 10.6. The predicted molar refractivity (Wildman–Crippen MR) is 166 cm³/mol. The summed E-state index contributed by atoms with van der Waals surface area (Å²) in [4.78, 5) is 0. The molecule has 1 aromatic heterocycles. The number of aryl methyl sites for hydroxylation is 1. The number of allylic oxidation sites excluding steroid dienone is 5. The number of hydrogen-bond acceptors (Lipinski definition) is 1. The van der Waals surface area contributed by atoms with Gasteiger partial charge < -0.3 is 4.42 Å². The van der Waals surface area contributed by atoms with E-state index in [-0.39, 0.29) is 5.41 Å². The van der Waals surface area contributed by atoms with Crippen molar-refractivity contribution in [1.82, 2.24) is 0 Å². The summed E-state index contributed by atoms with van der Waals surface area (Å²) in [6.45, 7) is 11.1. The van der Waals surface area contributed by atoms with Gasteiger partial charge in [0, 0.05) is 11.5 Å². The van der Waals surface area contributed by atoms with Crippen molar-refractivity contribution >= 4 is 17.2 Å². The first-order valence-electron chi connectivity index (χ1n) is 14.3. The molecule has 0 fully saturated rings. The second-order valence-electron chi connectivity index (χ2n) is 12.3. The van der Waals surface area contributed by atoms with Crippen molar-refractivity contribution in [3.05, 3.63) is 136 Å². The van der Waals surface area contributed by atoms with Gasteiger partial charge in [0.25, 0.3) is 0 Å². The van der Waals surface area contributed by atoms with Crippen LogP contribution in [0.25, 0.3) is 28.3 Å². The van der Waals surface area contributed by atoms with Crippen molar-refractivity contribution in [3.63, 3.8) is 0 Å². The van der Waals surface area contributed by atoms with E-state index < -0.39 is 0 Å². The Morgan fingerprint density at radius 2 is 1.49 bits per heavy atom. The van der Waals surface area contributed by atoms with Gasteiger partial charge in [-0.25, -0.2) is 0 Å². The Kier molecular flexibility index (Phi) is 6.55. The Hall–Kier alpha value is -3.84. The van der Waals surface area contributed by atoms with Crippen LogP contribution in [0.2, 0.25) is 0 Å². The van der Waals surface area contributed by atoms with E-state index in [9.17, 15) is 0 Å². The third-order valence-electron chi connectivity index (χ3n) is 8.50. The summed E-state index contributed by atoms with van der Waals surface area (Å²) in [6, 6.07) is 31.0. The molecule has 2 aliphatic rings. The Morgan fingerprint density at radius 1 is 0.718 bits per heavy atom. The maximum absolute atomic E-state index is 6.20. The van der Waals surface area contributed by atoms with Gasteiger partial charge in [-0.3, -0.25) is 0 Å². The zero-order chi connectivity index (χ0) is 27.1. The van der Waals surface area contributed by atoms with Crippen LogP contribution < -0.4 is 0 Å². The van der Waals surface area contributed by atoms with Gasteiger partial charge in [-0.2, -0.15) is 0 Å². The van der Waals surface area contributed by atoms with Gasteiger partial charge >= 0.3 is 0 Å². The van der Waals surface area contributed by atoms with Crippen LogP contribution in [0.4, 0.5) is 0 Å². The molecule has 4 aromatic rings. The number of rotatable bonds is 6. The van der Waals surface area contributed by atoms with E-state index in [2.05, 4.69) is 131 Å². The molecule has 0 radical (unpaired) electrons. The molecule has 1 heterocycles. The average molecular weight is 511 g/mol. The molecule has 0 bridgehead atoms. The van der Waals surface area contributed by atoms with Gasteiger partial charge in [0.2, 0.25) is 0 Å². The van der Waals surface area contributed by atoms with Gasteiger partial charge in [0.1, 0.15) is 11.5 Å². The molecule has 39 heavy (non-hydrogen) atoms. The molecule has 2 atom stereocenters. The van der Waals surface area contributed by atoms with E-state index >= 15 is 0 Å². The molecule has 1 nitrogen and oxygen atoms in total. The van der Waals surface area contributed by atoms with Gasteiger partial charge in [0.05, 0.1) is 0 Å². The highest BCUT2D eigenvalue weighted by Gasteiger charge is 2.31. The lowest BCUT2D eigenvalue weighted by Crippen LogP contribution is -2.10. The summed E-state index contributed by atoms with van der Waals surface area (Å²) in [5.41, 5.74) is 12.3. The van der Waals surface area contributed by atoms with Gasteiger partial charge in [0.15, 0.2) is 0 Å². The normalized spacial score (nSPS) is 18.5. The van der Waals surface area contributed by atoms with E-state index in [1.165, 1.54) is 50.1 Å². The lowest BCUT2D eigenvalue weighted by atomic mass is 9.84. The summed E-state index contributed by atoms with van der Waals surface area (Å²) >= 11 is 0. The molecule has 1 heteroatoms. The van der Waals surface area contributed by atoms with E-state index in [0.717, 1.165) is 24.4 Å². The van der Waals surface area contributed by atoms with Crippen LogP contribution in [0.3, 0.4) is 0 Å². The van der Waals surface area contributed by atoms with Crippen molar-refractivity contribution in [3.8, 4) is 11.1 Å². The fourth-order valence-electron chi connectivity index (χ4n) is 6.23. The Labute approximate surface area is 233 Å². The van der Waals surface area contributed by atoms with Crippen molar-refractivity contribution in [1.29, 1.82) is 0 Å². The SMILES string of the molecule is CC1=CC(c2ccccc2)=CC1CCC1C(c2ccc(C)o2)=Cc2c(-c3ccc(C(C)(C)C)cc3)cccc21. The van der Waals surface area contributed by atoms with Gasteiger partial charge in [-0.05, 0) is 95.2 Å². The Bertz CT molecular complexity index is 1580. The highest BCUT2D eigenvalue weighted by Crippen LogP contribution is 2.49. The van der Waals surface area contributed by atoms with E-state index in [1.54, 1.807) is 0 Å². The maximum Gasteiger partial charge on any atom is 0.130 e. The van der Waals surface area contributed by atoms with Crippen LogP contribution in [-0.4, -0.2) is 0 Å². The fraction of sp³-hybridized carbons (Fsp3) is 0.263. The fourth-order valence-corrected chi connectivity index (χ4v) is 6.23. The van der Waals surface area contributed by atoms with Crippen LogP contribution in [0, 0.1) is 12.8 Å².